The van der Waals surface area contributed by atoms with Crippen LogP contribution in [0.15, 0.2) is 36.4 Å². The van der Waals surface area contributed by atoms with Crippen molar-refractivity contribution in [1.29, 1.82) is 0 Å². The van der Waals surface area contributed by atoms with Gasteiger partial charge in [-0.15, -0.1) is 0 Å². The summed E-state index contributed by atoms with van der Waals surface area (Å²) in [4.78, 5) is 11.8. The Morgan fingerprint density at radius 2 is 1.91 bits per heavy atom. The average Bonchev–Trinajstić information content (AvgIpc) is 3.08. The number of carboxylic acid groups (broad SMARTS) is 1. The first-order valence-electron chi connectivity index (χ1n) is 10.2. The van der Waals surface area contributed by atoms with Crippen LogP contribution in [-0.4, -0.2) is 36.1 Å². The van der Waals surface area contributed by atoms with Crippen LogP contribution >= 0.6 is 11.6 Å². The summed E-state index contributed by atoms with van der Waals surface area (Å²) in [5, 5.41) is 9.75. The van der Waals surface area contributed by atoms with Crippen molar-refractivity contribution in [1.82, 2.24) is 0 Å². The number of aliphatic carboxylic acids is 1. The molecule has 0 spiro atoms. The number of rotatable bonds is 9. The lowest BCUT2D eigenvalue weighted by molar-refractivity contribution is -0.157. The van der Waals surface area contributed by atoms with Crippen molar-refractivity contribution in [3.63, 3.8) is 0 Å². The summed E-state index contributed by atoms with van der Waals surface area (Å²) in [6, 6.07) is 9.21. The van der Waals surface area contributed by atoms with Crippen LogP contribution in [0.1, 0.15) is 31.4 Å². The highest BCUT2D eigenvalue weighted by molar-refractivity contribution is 6.32. The zero-order chi connectivity index (χ0) is 23.5. The van der Waals surface area contributed by atoms with E-state index in [1.54, 1.807) is 18.2 Å². The summed E-state index contributed by atoms with van der Waals surface area (Å²) in [6.45, 7) is 4.22. The smallest absolute Gasteiger partial charge is 0.393 e. The maximum absolute atomic E-state index is 12.5. The van der Waals surface area contributed by atoms with Gasteiger partial charge in [0.25, 0.3) is 0 Å². The SMILES string of the molecule is CC(C)[C@@]1(C(=O)O)Cc2cc(OCCCOc3ccc(CC(F)(F)F)cc3Cl)ccc2O1. The highest BCUT2D eigenvalue weighted by atomic mass is 35.5. The van der Waals surface area contributed by atoms with Crippen LogP contribution < -0.4 is 14.2 Å². The maximum atomic E-state index is 12.5. The van der Waals surface area contributed by atoms with Gasteiger partial charge in [-0.05, 0) is 35.9 Å². The number of carboxylic acids is 1. The molecule has 32 heavy (non-hydrogen) atoms. The van der Waals surface area contributed by atoms with E-state index < -0.39 is 24.2 Å². The van der Waals surface area contributed by atoms with Gasteiger partial charge >= 0.3 is 12.1 Å². The van der Waals surface area contributed by atoms with Gasteiger partial charge in [0.05, 0.1) is 24.7 Å². The van der Waals surface area contributed by atoms with Gasteiger partial charge < -0.3 is 19.3 Å². The van der Waals surface area contributed by atoms with E-state index in [2.05, 4.69) is 0 Å². The third-order valence-corrected chi connectivity index (χ3v) is 5.58. The molecule has 0 bridgehead atoms. The van der Waals surface area contributed by atoms with Crippen LogP contribution in [0.2, 0.25) is 5.02 Å². The van der Waals surface area contributed by atoms with Crippen LogP contribution in [0.3, 0.4) is 0 Å². The second-order valence-electron chi connectivity index (χ2n) is 8.00. The molecule has 0 saturated heterocycles. The summed E-state index contributed by atoms with van der Waals surface area (Å²) in [7, 11) is 0. The molecular weight excluding hydrogens is 449 g/mol. The van der Waals surface area contributed by atoms with Crippen LogP contribution in [0.4, 0.5) is 13.2 Å². The lowest BCUT2D eigenvalue weighted by Gasteiger charge is -2.27. The van der Waals surface area contributed by atoms with Gasteiger partial charge in [-0.3, -0.25) is 0 Å². The Balaban J connectivity index is 1.48. The molecule has 174 valence electrons. The fourth-order valence-corrected chi connectivity index (χ4v) is 3.78. The van der Waals surface area contributed by atoms with Crippen molar-refractivity contribution in [3.8, 4) is 17.2 Å². The molecule has 0 radical (unpaired) electrons. The molecule has 5 nitrogen and oxygen atoms in total. The molecule has 9 heteroatoms. The Morgan fingerprint density at radius 3 is 2.53 bits per heavy atom. The molecule has 1 aliphatic heterocycles. The largest absolute Gasteiger partial charge is 0.493 e. The minimum Gasteiger partial charge on any atom is -0.493 e. The van der Waals surface area contributed by atoms with E-state index in [9.17, 15) is 23.1 Å². The zero-order valence-electron chi connectivity index (χ0n) is 17.7. The van der Waals surface area contributed by atoms with Gasteiger partial charge in [0.1, 0.15) is 17.2 Å². The van der Waals surface area contributed by atoms with E-state index in [0.29, 0.717) is 30.3 Å². The summed E-state index contributed by atoms with van der Waals surface area (Å²) in [6.07, 6.45) is -4.56. The molecule has 1 heterocycles. The standard InChI is InChI=1S/C23H24ClF3O5/c1-14(2)22(21(28)29)13-16-11-17(5-7-19(16)32-22)30-8-3-9-31-20-6-4-15(10-18(20)24)12-23(25,26)27/h4-7,10-11,14H,3,8-9,12-13H2,1-2H3,(H,28,29)/t22-/m1/s1. The highest BCUT2D eigenvalue weighted by Crippen LogP contribution is 2.41. The number of hydrogen-bond acceptors (Lipinski definition) is 4. The van der Waals surface area contributed by atoms with Crippen molar-refractivity contribution < 1.29 is 37.3 Å². The van der Waals surface area contributed by atoms with Crippen molar-refractivity contribution >= 4 is 17.6 Å². The molecule has 3 rings (SSSR count). The van der Waals surface area contributed by atoms with Gasteiger partial charge in [-0.1, -0.05) is 31.5 Å². The number of hydrogen-bond donors (Lipinski definition) is 1. The van der Waals surface area contributed by atoms with E-state index in [-0.39, 0.29) is 29.5 Å². The Bertz CT molecular complexity index is 977. The molecule has 0 aliphatic carbocycles. The number of fused-ring (bicyclic) bond motifs is 1. The maximum Gasteiger partial charge on any atom is 0.393 e. The van der Waals surface area contributed by atoms with Crippen molar-refractivity contribution in [3.05, 3.63) is 52.5 Å². The molecule has 1 atom stereocenters. The number of ether oxygens (including phenoxy) is 3. The van der Waals surface area contributed by atoms with Crippen LogP contribution in [-0.2, 0) is 17.6 Å². The number of halogens is 4. The van der Waals surface area contributed by atoms with Gasteiger partial charge in [0.2, 0.25) is 5.60 Å². The quantitative estimate of drug-likeness (QED) is 0.474. The normalized spacial score (nSPS) is 17.7. The summed E-state index contributed by atoms with van der Waals surface area (Å²) >= 11 is 6.01. The summed E-state index contributed by atoms with van der Waals surface area (Å²) in [5.74, 6) is 0.245. The molecule has 0 amide bonds. The topological polar surface area (TPSA) is 65.0 Å². The van der Waals surface area contributed by atoms with E-state index in [1.165, 1.54) is 18.2 Å². The Kier molecular flexibility index (Phi) is 7.12. The molecule has 1 aliphatic rings. The Labute approximate surface area is 189 Å². The van der Waals surface area contributed by atoms with Crippen molar-refractivity contribution in [2.24, 2.45) is 5.92 Å². The first kappa shape index (κ1) is 24.0. The number of benzene rings is 2. The monoisotopic (exact) mass is 472 g/mol. The fourth-order valence-electron chi connectivity index (χ4n) is 3.52. The molecule has 0 aromatic heterocycles. The molecular formula is C23H24ClF3O5. The van der Waals surface area contributed by atoms with Crippen LogP contribution in [0, 0.1) is 5.92 Å². The minimum absolute atomic E-state index is 0.0724. The summed E-state index contributed by atoms with van der Waals surface area (Å²) < 4.78 is 54.4. The predicted molar refractivity (Wildman–Crippen MR) is 113 cm³/mol. The van der Waals surface area contributed by atoms with Gasteiger partial charge in [-0.25, -0.2) is 4.79 Å². The number of carbonyl (C=O) groups is 1. The highest BCUT2D eigenvalue weighted by Gasteiger charge is 2.49. The lowest BCUT2D eigenvalue weighted by Crippen LogP contribution is -2.48. The third-order valence-electron chi connectivity index (χ3n) is 5.29. The fraction of sp³-hybridized carbons (Fsp3) is 0.435. The second-order valence-corrected chi connectivity index (χ2v) is 8.41. The summed E-state index contributed by atoms with van der Waals surface area (Å²) in [5.41, 5.74) is -0.423. The van der Waals surface area contributed by atoms with Crippen LogP contribution in [0.5, 0.6) is 17.2 Å². The van der Waals surface area contributed by atoms with E-state index >= 15 is 0 Å². The van der Waals surface area contributed by atoms with Gasteiger partial charge in [0, 0.05) is 24.3 Å². The first-order chi connectivity index (χ1) is 15.0. The average molecular weight is 473 g/mol. The van der Waals surface area contributed by atoms with Gasteiger partial charge in [0.15, 0.2) is 0 Å². The van der Waals surface area contributed by atoms with Crippen molar-refractivity contribution in [2.75, 3.05) is 13.2 Å². The first-order valence-corrected chi connectivity index (χ1v) is 10.5. The number of alkyl halides is 3. The molecule has 0 fully saturated rings. The molecule has 0 unspecified atom stereocenters. The molecule has 1 N–H and O–H groups in total. The van der Waals surface area contributed by atoms with Crippen LogP contribution in [0.25, 0.3) is 0 Å². The molecule has 0 saturated carbocycles. The van der Waals surface area contributed by atoms with Crippen molar-refractivity contribution in [2.45, 2.75) is 44.9 Å². The lowest BCUT2D eigenvalue weighted by atomic mass is 9.86. The van der Waals surface area contributed by atoms with Gasteiger partial charge in [-0.2, -0.15) is 13.2 Å². The predicted octanol–water partition coefficient (Wildman–Crippen LogP) is 5.71. The van der Waals surface area contributed by atoms with E-state index in [4.69, 9.17) is 25.8 Å². The Morgan fingerprint density at radius 1 is 1.19 bits per heavy atom. The van der Waals surface area contributed by atoms with E-state index in [1.807, 2.05) is 13.8 Å². The Hall–Kier alpha value is -2.61. The molecule has 2 aromatic rings. The van der Waals surface area contributed by atoms with E-state index in [0.717, 1.165) is 5.56 Å². The minimum atomic E-state index is -4.30. The second kappa shape index (κ2) is 9.48. The zero-order valence-corrected chi connectivity index (χ0v) is 18.4. The molecule has 2 aromatic carbocycles. The third kappa shape index (κ3) is 5.59.